The molecule has 1 saturated heterocycles. The molecule has 0 aromatic heterocycles. The van der Waals surface area contributed by atoms with Crippen molar-refractivity contribution >= 4 is 29.5 Å². The van der Waals surface area contributed by atoms with Gasteiger partial charge in [-0.1, -0.05) is 30.3 Å². The Morgan fingerprint density at radius 3 is 2.67 bits per heavy atom. The number of nitrogens with one attached hydrogen (secondary N) is 2. The van der Waals surface area contributed by atoms with E-state index in [0.717, 1.165) is 11.3 Å². The minimum atomic E-state index is -0.627. The first kappa shape index (κ1) is 21.3. The summed E-state index contributed by atoms with van der Waals surface area (Å²) in [5.41, 5.74) is 0.725. The van der Waals surface area contributed by atoms with Gasteiger partial charge in [0.2, 0.25) is 11.8 Å². The van der Waals surface area contributed by atoms with Gasteiger partial charge in [0.15, 0.2) is 0 Å². The Bertz CT molecular complexity index is 653. The lowest BCUT2D eigenvalue weighted by Crippen LogP contribution is -2.46. The molecule has 1 aromatic rings. The monoisotopic (exact) mass is 392 g/mol. The number of thioether (sulfide) groups is 1. The fourth-order valence-corrected chi connectivity index (χ4v) is 3.89. The van der Waals surface area contributed by atoms with Crippen molar-refractivity contribution in [2.24, 2.45) is 0 Å². The number of hydrogen-bond donors (Lipinski definition) is 2. The molecule has 27 heavy (non-hydrogen) atoms. The summed E-state index contributed by atoms with van der Waals surface area (Å²) in [7, 11) is 1.32. The zero-order valence-electron chi connectivity index (χ0n) is 16.0. The molecule has 2 unspecified atom stereocenters. The van der Waals surface area contributed by atoms with Crippen LogP contribution in [-0.2, 0) is 25.5 Å². The normalized spacial score (nSPS) is 20.0. The predicted molar refractivity (Wildman–Crippen MR) is 106 cm³/mol. The maximum absolute atomic E-state index is 12.4. The van der Waals surface area contributed by atoms with E-state index in [9.17, 15) is 14.4 Å². The smallest absolute Gasteiger partial charge is 0.328 e. The van der Waals surface area contributed by atoms with Crippen molar-refractivity contribution in [3.8, 4) is 0 Å². The molecular weight excluding hydrogens is 364 g/mol. The molecular formula is C20H28N2O4S. The Hall–Kier alpha value is -2.02. The Kier molecular flexibility index (Phi) is 8.16. The van der Waals surface area contributed by atoms with Crippen LogP contribution in [0.25, 0.3) is 0 Å². The number of esters is 1. The topological polar surface area (TPSA) is 84.5 Å². The number of methoxy groups -OCH3 is 1. The number of ether oxygens (including phenoxy) is 1. The molecule has 6 nitrogen and oxygen atoms in total. The molecule has 0 aliphatic carbocycles. The fourth-order valence-electron chi connectivity index (χ4n) is 3.41. The van der Waals surface area contributed by atoms with Gasteiger partial charge in [-0.05, 0) is 43.3 Å². The van der Waals surface area contributed by atoms with Gasteiger partial charge in [0.25, 0.3) is 0 Å². The molecule has 0 saturated carbocycles. The summed E-state index contributed by atoms with van der Waals surface area (Å²) >= 11 is 1.61. The summed E-state index contributed by atoms with van der Waals surface area (Å²) in [6, 6.07) is 9.33. The minimum Gasteiger partial charge on any atom is -0.467 e. The summed E-state index contributed by atoms with van der Waals surface area (Å²) in [4.78, 5) is 36.1. The van der Waals surface area contributed by atoms with Gasteiger partial charge in [0.1, 0.15) is 6.04 Å². The fraction of sp³-hybridized carbons (Fsp3) is 0.550. The highest BCUT2D eigenvalue weighted by Crippen LogP contribution is 2.29. The average Bonchev–Trinajstić information content (AvgIpc) is 3.04. The summed E-state index contributed by atoms with van der Waals surface area (Å²) in [6.45, 7) is 0. The van der Waals surface area contributed by atoms with E-state index in [4.69, 9.17) is 4.74 Å². The predicted octanol–water partition coefficient (Wildman–Crippen LogP) is 2.07. The molecule has 0 spiro atoms. The van der Waals surface area contributed by atoms with Crippen LogP contribution in [0.3, 0.4) is 0 Å². The zero-order valence-corrected chi connectivity index (χ0v) is 16.8. The third-order valence-electron chi connectivity index (χ3n) is 4.88. The maximum Gasteiger partial charge on any atom is 0.328 e. The van der Waals surface area contributed by atoms with Crippen LogP contribution in [0.15, 0.2) is 30.3 Å². The third kappa shape index (κ3) is 6.57. The van der Waals surface area contributed by atoms with E-state index in [2.05, 4.69) is 10.6 Å². The molecule has 0 bridgehead atoms. The highest BCUT2D eigenvalue weighted by Gasteiger charge is 2.38. The van der Waals surface area contributed by atoms with Crippen LogP contribution < -0.4 is 10.6 Å². The van der Waals surface area contributed by atoms with Crippen molar-refractivity contribution < 1.29 is 19.1 Å². The lowest BCUT2D eigenvalue weighted by atomic mass is 9.85. The second kappa shape index (κ2) is 10.3. The molecule has 148 valence electrons. The molecule has 1 aliphatic rings. The van der Waals surface area contributed by atoms with Gasteiger partial charge in [-0.2, -0.15) is 11.8 Å². The van der Waals surface area contributed by atoms with E-state index >= 15 is 0 Å². The summed E-state index contributed by atoms with van der Waals surface area (Å²) < 4.78 is 4.78. The van der Waals surface area contributed by atoms with Crippen molar-refractivity contribution in [3.63, 3.8) is 0 Å². The summed E-state index contributed by atoms with van der Waals surface area (Å²) in [5.74, 6) is 0.165. The number of benzene rings is 1. The van der Waals surface area contributed by atoms with Crippen molar-refractivity contribution in [1.82, 2.24) is 10.6 Å². The van der Waals surface area contributed by atoms with Gasteiger partial charge < -0.3 is 15.4 Å². The average molecular weight is 393 g/mol. The van der Waals surface area contributed by atoms with Gasteiger partial charge in [0, 0.05) is 18.4 Å². The standard InChI is InChI=1S/C20H28N2O4S/c1-26-19(25)16(10-13-27-2)21-17(23)8-11-20(12-9-18(24)22-20)14-15-6-4-3-5-7-15/h3-7,16H,8-14H2,1-2H3,(H,21,23)(H,22,24). The van der Waals surface area contributed by atoms with Crippen LogP contribution in [-0.4, -0.2) is 48.5 Å². The van der Waals surface area contributed by atoms with Crippen LogP contribution in [0.2, 0.25) is 0 Å². The molecule has 0 radical (unpaired) electrons. The number of hydrogen-bond acceptors (Lipinski definition) is 5. The molecule has 2 rings (SSSR count). The van der Waals surface area contributed by atoms with Crippen LogP contribution in [0.1, 0.15) is 37.7 Å². The largest absolute Gasteiger partial charge is 0.467 e. The second-order valence-electron chi connectivity index (χ2n) is 6.92. The number of carbonyl (C=O) groups excluding carboxylic acids is 3. The first-order valence-corrected chi connectivity index (χ1v) is 10.6. The maximum atomic E-state index is 12.4. The molecule has 1 heterocycles. The van der Waals surface area contributed by atoms with E-state index in [1.54, 1.807) is 11.8 Å². The first-order chi connectivity index (χ1) is 13.0. The van der Waals surface area contributed by atoms with E-state index in [1.165, 1.54) is 7.11 Å². The number of amides is 2. The van der Waals surface area contributed by atoms with Gasteiger partial charge in [-0.25, -0.2) is 4.79 Å². The molecule has 2 atom stereocenters. The summed E-state index contributed by atoms with van der Waals surface area (Å²) in [5, 5.41) is 5.86. The van der Waals surface area contributed by atoms with E-state index in [0.29, 0.717) is 32.1 Å². The van der Waals surface area contributed by atoms with Crippen LogP contribution in [0, 0.1) is 0 Å². The van der Waals surface area contributed by atoms with Crippen molar-refractivity contribution in [2.75, 3.05) is 19.1 Å². The Morgan fingerprint density at radius 1 is 1.33 bits per heavy atom. The highest BCUT2D eigenvalue weighted by atomic mass is 32.2. The number of carbonyl (C=O) groups is 3. The SMILES string of the molecule is COC(=O)C(CCSC)NC(=O)CCC1(Cc2ccccc2)CCC(=O)N1. The lowest BCUT2D eigenvalue weighted by Gasteiger charge is -2.29. The third-order valence-corrected chi connectivity index (χ3v) is 5.53. The molecule has 2 N–H and O–H groups in total. The van der Waals surface area contributed by atoms with Crippen molar-refractivity contribution in [3.05, 3.63) is 35.9 Å². The molecule has 7 heteroatoms. The summed E-state index contributed by atoms with van der Waals surface area (Å²) in [6.07, 6.45) is 5.15. The van der Waals surface area contributed by atoms with Crippen LogP contribution in [0.5, 0.6) is 0 Å². The quantitative estimate of drug-likeness (QED) is 0.596. The van der Waals surface area contributed by atoms with E-state index < -0.39 is 17.6 Å². The van der Waals surface area contributed by atoms with E-state index in [1.807, 2.05) is 36.6 Å². The van der Waals surface area contributed by atoms with E-state index in [-0.39, 0.29) is 18.2 Å². The van der Waals surface area contributed by atoms with Gasteiger partial charge >= 0.3 is 5.97 Å². The first-order valence-electron chi connectivity index (χ1n) is 9.19. The second-order valence-corrected chi connectivity index (χ2v) is 7.90. The highest BCUT2D eigenvalue weighted by molar-refractivity contribution is 7.98. The van der Waals surface area contributed by atoms with Crippen molar-refractivity contribution in [2.45, 2.75) is 50.1 Å². The van der Waals surface area contributed by atoms with Gasteiger partial charge in [-0.3, -0.25) is 9.59 Å². The molecule has 1 aliphatic heterocycles. The lowest BCUT2D eigenvalue weighted by molar-refractivity contribution is -0.145. The van der Waals surface area contributed by atoms with Crippen molar-refractivity contribution in [1.29, 1.82) is 0 Å². The Morgan fingerprint density at radius 2 is 2.07 bits per heavy atom. The van der Waals surface area contributed by atoms with Crippen LogP contribution in [0.4, 0.5) is 0 Å². The van der Waals surface area contributed by atoms with Crippen LogP contribution >= 0.6 is 11.8 Å². The van der Waals surface area contributed by atoms with Gasteiger partial charge in [0.05, 0.1) is 7.11 Å². The molecule has 2 amide bonds. The number of rotatable bonds is 10. The Labute approximate surface area is 164 Å². The van der Waals surface area contributed by atoms with Gasteiger partial charge in [-0.15, -0.1) is 0 Å². The Balaban J connectivity index is 1.96. The minimum absolute atomic E-state index is 0.0266. The molecule has 1 aromatic carbocycles. The zero-order chi connectivity index (χ0) is 19.7. The molecule has 1 fully saturated rings.